The third-order valence-corrected chi connectivity index (χ3v) is 4.15. The number of hydrogen-bond donors (Lipinski definition) is 1. The zero-order chi connectivity index (χ0) is 14.4. The van der Waals surface area contributed by atoms with Gasteiger partial charge in [-0.25, -0.2) is 0 Å². The van der Waals surface area contributed by atoms with E-state index in [1.54, 1.807) is 0 Å². The van der Waals surface area contributed by atoms with Crippen molar-refractivity contribution in [1.29, 1.82) is 0 Å². The number of hydrogen-bond acceptors (Lipinski definition) is 4. The molecule has 1 saturated heterocycles. The Labute approximate surface area is 115 Å². The summed E-state index contributed by atoms with van der Waals surface area (Å²) in [6, 6.07) is 0. The molecule has 5 heteroatoms. The molecule has 4 unspecified atom stereocenters. The number of rotatable bonds is 2. The Bertz CT molecular complexity index is 449. The summed E-state index contributed by atoms with van der Waals surface area (Å²) in [7, 11) is 0. The predicted octanol–water partition coefficient (Wildman–Crippen LogP) is 2.02. The number of aromatic nitrogens is 3. The highest BCUT2D eigenvalue weighted by atomic mass is 16.5. The van der Waals surface area contributed by atoms with Crippen LogP contribution in [0.3, 0.4) is 0 Å². The molecule has 0 saturated carbocycles. The largest absolute Gasteiger partial charge is 0.374 e. The van der Waals surface area contributed by atoms with Crippen LogP contribution in [-0.4, -0.2) is 27.0 Å². The van der Waals surface area contributed by atoms with Gasteiger partial charge in [-0.05, 0) is 40.5 Å². The first-order chi connectivity index (χ1) is 8.77. The minimum Gasteiger partial charge on any atom is -0.374 e. The molecule has 0 bridgehead atoms. The van der Waals surface area contributed by atoms with Crippen molar-refractivity contribution in [3.05, 3.63) is 11.6 Å². The minimum absolute atomic E-state index is 0.0706. The van der Waals surface area contributed by atoms with Gasteiger partial charge in [0.1, 0.15) is 11.6 Å². The van der Waals surface area contributed by atoms with Gasteiger partial charge in [-0.15, -0.1) is 10.2 Å². The van der Waals surface area contributed by atoms with Gasteiger partial charge in [0.15, 0.2) is 0 Å². The normalized spacial score (nSPS) is 31.9. The van der Waals surface area contributed by atoms with Gasteiger partial charge in [-0.1, -0.05) is 6.92 Å². The molecule has 1 aliphatic heterocycles. The Morgan fingerprint density at radius 1 is 1.16 bits per heavy atom. The van der Waals surface area contributed by atoms with Crippen LogP contribution in [0, 0.1) is 5.92 Å². The zero-order valence-corrected chi connectivity index (χ0v) is 12.8. The molecule has 1 aromatic rings. The second-order valence-electron chi connectivity index (χ2n) is 6.62. The van der Waals surface area contributed by atoms with Crippen molar-refractivity contribution in [3.8, 4) is 0 Å². The summed E-state index contributed by atoms with van der Waals surface area (Å²) in [6.07, 6.45) is 0.423. The second-order valence-corrected chi connectivity index (χ2v) is 6.62. The van der Waals surface area contributed by atoms with Crippen LogP contribution in [0.1, 0.15) is 59.1 Å². The Kier molecular flexibility index (Phi) is 3.71. The van der Waals surface area contributed by atoms with Gasteiger partial charge in [-0.2, -0.15) is 0 Å². The van der Waals surface area contributed by atoms with Crippen LogP contribution in [0.25, 0.3) is 0 Å². The monoisotopic (exact) mass is 266 g/mol. The fraction of sp³-hybridized carbons (Fsp3) is 0.857. The van der Waals surface area contributed by atoms with E-state index >= 15 is 0 Å². The topological polar surface area (TPSA) is 66.0 Å². The second kappa shape index (κ2) is 4.87. The van der Waals surface area contributed by atoms with E-state index in [4.69, 9.17) is 10.5 Å². The van der Waals surface area contributed by atoms with E-state index in [-0.39, 0.29) is 23.7 Å². The maximum Gasteiger partial charge on any atom is 0.147 e. The van der Waals surface area contributed by atoms with Crippen molar-refractivity contribution in [2.75, 3.05) is 0 Å². The highest BCUT2D eigenvalue weighted by Crippen LogP contribution is 2.40. The molecule has 2 N–H and O–H groups in total. The summed E-state index contributed by atoms with van der Waals surface area (Å²) >= 11 is 0. The smallest absolute Gasteiger partial charge is 0.147 e. The number of nitrogens with two attached hydrogens (primary N) is 1. The van der Waals surface area contributed by atoms with Crippen molar-refractivity contribution < 1.29 is 4.74 Å². The first-order valence-electron chi connectivity index (χ1n) is 7.07. The van der Waals surface area contributed by atoms with E-state index in [0.29, 0.717) is 12.5 Å². The van der Waals surface area contributed by atoms with Crippen LogP contribution < -0.4 is 5.73 Å². The lowest BCUT2D eigenvalue weighted by molar-refractivity contribution is 0.0550. The maximum atomic E-state index is 5.94. The molecular formula is C14H26N4O. The molecule has 1 aromatic heterocycles. The molecule has 1 fully saturated rings. The summed E-state index contributed by atoms with van der Waals surface area (Å²) in [5, 5.41) is 8.70. The Balaban J connectivity index is 2.49. The van der Waals surface area contributed by atoms with Crippen molar-refractivity contribution in [2.24, 2.45) is 11.7 Å². The lowest BCUT2D eigenvalue weighted by atomic mass is 9.88. The molecule has 2 rings (SSSR count). The molecule has 19 heavy (non-hydrogen) atoms. The van der Waals surface area contributed by atoms with Crippen LogP contribution >= 0.6 is 0 Å². The number of ether oxygens (including phenoxy) is 1. The summed E-state index contributed by atoms with van der Waals surface area (Å²) < 4.78 is 8.13. The summed E-state index contributed by atoms with van der Waals surface area (Å²) in [5.41, 5.74) is 5.73. The van der Waals surface area contributed by atoms with Crippen molar-refractivity contribution in [1.82, 2.24) is 14.8 Å². The van der Waals surface area contributed by atoms with Gasteiger partial charge in [0.2, 0.25) is 0 Å². The lowest BCUT2D eigenvalue weighted by Crippen LogP contribution is -2.31. The van der Waals surface area contributed by atoms with Crippen LogP contribution in [-0.2, 0) is 16.8 Å². The van der Waals surface area contributed by atoms with Gasteiger partial charge in [0.25, 0.3) is 0 Å². The first-order valence-corrected chi connectivity index (χ1v) is 7.07. The molecule has 0 spiro atoms. The van der Waals surface area contributed by atoms with E-state index in [9.17, 15) is 0 Å². The Hall–Kier alpha value is -0.940. The molecule has 1 aliphatic rings. The average molecular weight is 266 g/mol. The fourth-order valence-electron chi connectivity index (χ4n) is 3.12. The average Bonchev–Trinajstić information content (AvgIpc) is 2.81. The van der Waals surface area contributed by atoms with Crippen LogP contribution in [0.5, 0.6) is 0 Å². The molecular weight excluding hydrogens is 240 g/mol. The van der Waals surface area contributed by atoms with Crippen molar-refractivity contribution >= 4 is 0 Å². The zero-order valence-electron chi connectivity index (χ0n) is 12.8. The Morgan fingerprint density at radius 3 is 2.21 bits per heavy atom. The van der Waals surface area contributed by atoms with Crippen LogP contribution in [0.15, 0.2) is 0 Å². The predicted molar refractivity (Wildman–Crippen MR) is 74.8 cm³/mol. The summed E-state index contributed by atoms with van der Waals surface area (Å²) in [4.78, 5) is 0. The van der Waals surface area contributed by atoms with Gasteiger partial charge < -0.3 is 15.0 Å². The van der Waals surface area contributed by atoms with E-state index < -0.39 is 0 Å². The SMILES string of the molecule is CC1OC(C)C(c2nnc(CN)n2C(C)(C)C)C1C. The molecule has 0 aromatic carbocycles. The molecule has 0 aliphatic carbocycles. The molecule has 5 nitrogen and oxygen atoms in total. The van der Waals surface area contributed by atoms with Gasteiger partial charge in [0.05, 0.1) is 24.7 Å². The number of nitrogens with zero attached hydrogens (tertiary/aromatic N) is 3. The fourth-order valence-corrected chi connectivity index (χ4v) is 3.12. The third-order valence-electron chi connectivity index (χ3n) is 4.15. The molecule has 4 atom stereocenters. The quantitative estimate of drug-likeness (QED) is 0.889. The first kappa shape index (κ1) is 14.5. The van der Waals surface area contributed by atoms with Crippen LogP contribution in [0.2, 0.25) is 0 Å². The Morgan fingerprint density at radius 2 is 1.79 bits per heavy atom. The third kappa shape index (κ3) is 2.41. The molecule has 0 radical (unpaired) electrons. The minimum atomic E-state index is -0.0706. The molecule has 0 amide bonds. The standard InChI is InChI=1S/C14H26N4O/c1-8-9(2)19-10(3)12(8)13-17-16-11(7-15)18(13)14(4,5)6/h8-10,12H,7,15H2,1-6H3. The van der Waals surface area contributed by atoms with E-state index in [0.717, 1.165) is 11.6 Å². The van der Waals surface area contributed by atoms with E-state index in [1.807, 2.05) is 0 Å². The van der Waals surface area contributed by atoms with Gasteiger partial charge in [-0.3, -0.25) is 0 Å². The maximum absolute atomic E-state index is 5.94. The molecule has 2 heterocycles. The highest BCUT2D eigenvalue weighted by molar-refractivity contribution is 5.11. The summed E-state index contributed by atoms with van der Waals surface area (Å²) in [6.45, 7) is 13.4. The van der Waals surface area contributed by atoms with Crippen molar-refractivity contribution in [2.45, 2.75) is 71.8 Å². The van der Waals surface area contributed by atoms with E-state index in [2.05, 4.69) is 56.3 Å². The van der Waals surface area contributed by atoms with E-state index in [1.165, 1.54) is 0 Å². The highest BCUT2D eigenvalue weighted by Gasteiger charge is 2.42. The van der Waals surface area contributed by atoms with Crippen LogP contribution in [0.4, 0.5) is 0 Å². The molecule has 108 valence electrons. The van der Waals surface area contributed by atoms with Crippen molar-refractivity contribution in [3.63, 3.8) is 0 Å². The lowest BCUT2D eigenvalue weighted by Gasteiger charge is -2.28. The summed E-state index contributed by atoms with van der Waals surface area (Å²) in [5.74, 6) is 2.58. The van der Waals surface area contributed by atoms with Gasteiger partial charge >= 0.3 is 0 Å². The van der Waals surface area contributed by atoms with Gasteiger partial charge in [0, 0.05) is 5.54 Å².